The van der Waals surface area contributed by atoms with Crippen LogP contribution in [-0.2, 0) is 31.2 Å². The lowest BCUT2D eigenvalue weighted by atomic mass is 9.95. The number of nitrogens with one attached hydrogen (secondary N) is 1. The van der Waals surface area contributed by atoms with Crippen LogP contribution in [0.25, 0.3) is 11.4 Å². The van der Waals surface area contributed by atoms with Gasteiger partial charge in [-0.3, -0.25) is 9.48 Å². The summed E-state index contributed by atoms with van der Waals surface area (Å²) in [4.78, 5) is 25.0. The maximum Gasteiger partial charge on any atom is 0.223 e. The highest BCUT2D eigenvalue weighted by Crippen LogP contribution is 2.33. The standard InChI is InChI=1S/C25H30N6O/c1-17-15-20(29-30(17)2)16-26-25(32)19-11-13-31(14-12-19)24-21-9-6-10-22(21)27-23(28-24)18-7-4-3-5-8-18/h3-5,7-8,15,19H,6,9-14,16H2,1-2H3,(H,26,32). The van der Waals surface area contributed by atoms with E-state index in [0.29, 0.717) is 6.54 Å². The fourth-order valence-corrected chi connectivity index (χ4v) is 4.79. The van der Waals surface area contributed by atoms with Gasteiger partial charge >= 0.3 is 0 Å². The number of carbonyl (C=O) groups excluding carboxylic acids is 1. The Balaban J connectivity index is 1.26. The zero-order valence-corrected chi connectivity index (χ0v) is 18.8. The Bertz CT molecular complexity index is 1100. The van der Waals surface area contributed by atoms with Crippen molar-refractivity contribution in [3.63, 3.8) is 0 Å². The van der Waals surface area contributed by atoms with E-state index in [9.17, 15) is 4.79 Å². The van der Waals surface area contributed by atoms with Crippen LogP contribution in [0, 0.1) is 12.8 Å². The molecule has 32 heavy (non-hydrogen) atoms. The molecule has 3 aromatic rings. The highest BCUT2D eigenvalue weighted by atomic mass is 16.1. The number of anilines is 1. The van der Waals surface area contributed by atoms with Crippen LogP contribution in [0.5, 0.6) is 0 Å². The average Bonchev–Trinajstić information content (AvgIpc) is 3.43. The molecule has 166 valence electrons. The molecule has 0 spiro atoms. The van der Waals surface area contributed by atoms with Gasteiger partial charge in [-0.1, -0.05) is 30.3 Å². The van der Waals surface area contributed by atoms with E-state index in [1.807, 2.05) is 42.9 Å². The van der Waals surface area contributed by atoms with Crippen molar-refractivity contribution in [2.45, 2.75) is 45.6 Å². The summed E-state index contributed by atoms with van der Waals surface area (Å²) in [5.41, 5.74) is 5.55. The Morgan fingerprint density at radius 1 is 1.12 bits per heavy atom. The van der Waals surface area contributed by atoms with Gasteiger partial charge in [0.25, 0.3) is 0 Å². The molecule has 3 heterocycles. The van der Waals surface area contributed by atoms with Gasteiger partial charge < -0.3 is 10.2 Å². The smallest absolute Gasteiger partial charge is 0.223 e. The van der Waals surface area contributed by atoms with Gasteiger partial charge in [-0.05, 0) is 45.1 Å². The number of hydrogen-bond acceptors (Lipinski definition) is 5. The summed E-state index contributed by atoms with van der Waals surface area (Å²) in [5.74, 6) is 2.06. The van der Waals surface area contributed by atoms with Gasteiger partial charge in [0.05, 0.1) is 12.2 Å². The molecule has 0 atom stereocenters. The van der Waals surface area contributed by atoms with E-state index < -0.39 is 0 Å². The maximum atomic E-state index is 12.7. The largest absolute Gasteiger partial charge is 0.356 e. The molecule has 0 saturated carbocycles. The summed E-state index contributed by atoms with van der Waals surface area (Å²) >= 11 is 0. The maximum absolute atomic E-state index is 12.7. The van der Waals surface area contributed by atoms with E-state index in [1.165, 1.54) is 11.3 Å². The molecule has 0 bridgehead atoms. The van der Waals surface area contributed by atoms with Gasteiger partial charge in [-0.15, -0.1) is 0 Å². The van der Waals surface area contributed by atoms with Crippen molar-refractivity contribution < 1.29 is 4.79 Å². The van der Waals surface area contributed by atoms with Crippen molar-refractivity contribution in [2.75, 3.05) is 18.0 Å². The average molecular weight is 431 g/mol. The number of fused-ring (bicyclic) bond motifs is 1. The Morgan fingerprint density at radius 2 is 1.91 bits per heavy atom. The van der Waals surface area contributed by atoms with Crippen LogP contribution < -0.4 is 10.2 Å². The van der Waals surface area contributed by atoms with Crippen molar-refractivity contribution in [3.05, 3.63) is 59.0 Å². The molecule has 1 N–H and O–H groups in total. The molecule has 2 aliphatic rings. The Morgan fingerprint density at radius 3 is 2.62 bits per heavy atom. The fourth-order valence-electron chi connectivity index (χ4n) is 4.79. The number of rotatable bonds is 5. The molecule has 1 fully saturated rings. The Hall–Kier alpha value is -3.22. The van der Waals surface area contributed by atoms with Gasteiger partial charge in [-0.25, -0.2) is 9.97 Å². The normalized spacial score (nSPS) is 16.2. The molecule has 0 unspecified atom stereocenters. The first-order chi connectivity index (χ1) is 15.6. The molecule has 1 aliphatic carbocycles. The van der Waals surface area contributed by atoms with Crippen LogP contribution in [0.15, 0.2) is 36.4 Å². The second-order valence-electron chi connectivity index (χ2n) is 8.90. The van der Waals surface area contributed by atoms with Gasteiger partial charge in [-0.2, -0.15) is 5.10 Å². The van der Waals surface area contributed by atoms with Gasteiger partial charge in [0.15, 0.2) is 5.82 Å². The zero-order valence-electron chi connectivity index (χ0n) is 18.8. The molecule has 1 saturated heterocycles. The van der Waals surface area contributed by atoms with E-state index in [1.54, 1.807) is 0 Å². The van der Waals surface area contributed by atoms with Crippen molar-refractivity contribution in [3.8, 4) is 11.4 Å². The minimum atomic E-state index is 0.0412. The molecular formula is C25H30N6O. The molecule has 2 aromatic heterocycles. The van der Waals surface area contributed by atoms with E-state index in [2.05, 4.69) is 27.4 Å². The summed E-state index contributed by atoms with van der Waals surface area (Å²) in [5, 5.41) is 7.50. The molecule has 7 nitrogen and oxygen atoms in total. The van der Waals surface area contributed by atoms with Crippen LogP contribution in [-0.4, -0.2) is 38.7 Å². The molecule has 0 radical (unpaired) electrons. The van der Waals surface area contributed by atoms with E-state index in [4.69, 9.17) is 9.97 Å². The molecule has 5 rings (SSSR count). The quantitative estimate of drug-likeness (QED) is 0.673. The first-order valence-corrected chi connectivity index (χ1v) is 11.6. The summed E-state index contributed by atoms with van der Waals surface area (Å²) < 4.78 is 1.84. The molecule has 1 aromatic carbocycles. The number of aryl methyl sites for hydroxylation is 3. The van der Waals surface area contributed by atoms with E-state index in [-0.39, 0.29) is 11.8 Å². The first kappa shape index (κ1) is 20.7. The van der Waals surface area contributed by atoms with Crippen molar-refractivity contribution in [1.82, 2.24) is 25.1 Å². The fraction of sp³-hybridized carbons (Fsp3) is 0.440. The summed E-state index contributed by atoms with van der Waals surface area (Å²) in [7, 11) is 1.92. The third-order valence-electron chi connectivity index (χ3n) is 6.72. The van der Waals surface area contributed by atoms with Crippen LogP contribution >= 0.6 is 0 Å². The lowest BCUT2D eigenvalue weighted by Gasteiger charge is -2.33. The predicted octanol–water partition coefficient (Wildman–Crippen LogP) is 3.21. The predicted molar refractivity (Wildman–Crippen MR) is 124 cm³/mol. The number of amides is 1. The number of aromatic nitrogens is 4. The third-order valence-corrected chi connectivity index (χ3v) is 6.72. The van der Waals surface area contributed by atoms with Crippen LogP contribution in [0.4, 0.5) is 5.82 Å². The monoisotopic (exact) mass is 430 g/mol. The van der Waals surface area contributed by atoms with Gasteiger partial charge in [0.1, 0.15) is 5.82 Å². The minimum Gasteiger partial charge on any atom is -0.356 e. The lowest BCUT2D eigenvalue weighted by molar-refractivity contribution is -0.125. The number of nitrogens with zero attached hydrogens (tertiary/aromatic N) is 5. The van der Waals surface area contributed by atoms with Crippen molar-refractivity contribution in [2.24, 2.45) is 13.0 Å². The number of carbonyl (C=O) groups is 1. The number of piperidine rings is 1. The third kappa shape index (κ3) is 4.11. The summed E-state index contributed by atoms with van der Waals surface area (Å²) in [6.45, 7) is 4.19. The molecule has 1 aliphatic heterocycles. The molecule has 1 amide bonds. The lowest BCUT2D eigenvalue weighted by Crippen LogP contribution is -2.41. The first-order valence-electron chi connectivity index (χ1n) is 11.6. The molecule has 7 heteroatoms. The highest BCUT2D eigenvalue weighted by molar-refractivity contribution is 5.79. The van der Waals surface area contributed by atoms with Crippen LogP contribution in [0.2, 0.25) is 0 Å². The van der Waals surface area contributed by atoms with E-state index in [0.717, 1.165) is 73.8 Å². The summed E-state index contributed by atoms with van der Waals surface area (Å²) in [6, 6.07) is 12.2. The van der Waals surface area contributed by atoms with Gasteiger partial charge in [0, 0.05) is 48.6 Å². The Kier molecular flexibility index (Phi) is 5.64. The van der Waals surface area contributed by atoms with Crippen molar-refractivity contribution in [1.29, 1.82) is 0 Å². The Labute approximate surface area is 188 Å². The second-order valence-corrected chi connectivity index (χ2v) is 8.90. The number of hydrogen-bond donors (Lipinski definition) is 1. The van der Waals surface area contributed by atoms with Crippen LogP contribution in [0.1, 0.15) is 41.9 Å². The number of benzene rings is 1. The van der Waals surface area contributed by atoms with E-state index >= 15 is 0 Å². The van der Waals surface area contributed by atoms with Crippen LogP contribution in [0.3, 0.4) is 0 Å². The second kappa shape index (κ2) is 8.73. The molecular weight excluding hydrogens is 400 g/mol. The van der Waals surface area contributed by atoms with Crippen molar-refractivity contribution >= 4 is 11.7 Å². The van der Waals surface area contributed by atoms with Gasteiger partial charge in [0.2, 0.25) is 5.91 Å². The topological polar surface area (TPSA) is 75.9 Å². The minimum absolute atomic E-state index is 0.0412. The zero-order chi connectivity index (χ0) is 22.1. The SMILES string of the molecule is Cc1cc(CNC(=O)C2CCN(c3nc(-c4ccccc4)nc4c3CCC4)CC2)nn1C. The highest BCUT2D eigenvalue weighted by Gasteiger charge is 2.29. The summed E-state index contributed by atoms with van der Waals surface area (Å²) in [6.07, 6.45) is 4.89.